The smallest absolute Gasteiger partial charge is 0.266 e. The Kier molecular flexibility index (Phi) is 7.97. The lowest BCUT2D eigenvalue weighted by molar-refractivity contribution is -0.129. The number of hydrogen-bond acceptors (Lipinski definition) is 6. The normalized spacial score (nSPS) is 19.7. The van der Waals surface area contributed by atoms with E-state index in [-0.39, 0.29) is 31.3 Å². The van der Waals surface area contributed by atoms with Crippen molar-refractivity contribution in [1.29, 1.82) is 0 Å². The summed E-state index contributed by atoms with van der Waals surface area (Å²) in [6.45, 7) is 6.32. The van der Waals surface area contributed by atoms with E-state index < -0.39 is 11.6 Å². The van der Waals surface area contributed by atoms with Crippen molar-refractivity contribution in [3.05, 3.63) is 78.1 Å². The summed E-state index contributed by atoms with van der Waals surface area (Å²) in [4.78, 5) is 17.7. The number of amides is 1. The Hall–Kier alpha value is -3.23. The molecular weight excluding hydrogens is 413 g/mol. The molecule has 8 heteroatoms. The predicted molar refractivity (Wildman–Crippen MR) is 120 cm³/mol. The van der Waals surface area contributed by atoms with E-state index in [1.807, 2.05) is 12.1 Å². The van der Waals surface area contributed by atoms with Crippen LogP contribution in [-0.2, 0) is 16.1 Å². The Morgan fingerprint density at radius 1 is 1.34 bits per heavy atom. The van der Waals surface area contributed by atoms with Crippen molar-refractivity contribution in [1.82, 2.24) is 10.9 Å². The first-order valence-corrected chi connectivity index (χ1v) is 10.5. The minimum absolute atomic E-state index is 0.0746. The lowest BCUT2D eigenvalue weighted by Gasteiger charge is -2.26. The van der Waals surface area contributed by atoms with Gasteiger partial charge in [-0.2, -0.15) is 0 Å². The first-order valence-electron chi connectivity index (χ1n) is 10.5. The molecule has 0 aromatic heterocycles. The van der Waals surface area contributed by atoms with Crippen LogP contribution in [0.25, 0.3) is 0 Å². The molecule has 0 unspecified atom stereocenters. The summed E-state index contributed by atoms with van der Waals surface area (Å²) in [7, 11) is 0. The highest BCUT2D eigenvalue weighted by Gasteiger charge is 2.49. The van der Waals surface area contributed by atoms with Crippen LogP contribution in [0.5, 0.6) is 5.75 Å². The molecule has 32 heavy (non-hydrogen) atoms. The van der Waals surface area contributed by atoms with Crippen LogP contribution in [0.2, 0.25) is 0 Å². The molecule has 1 aliphatic heterocycles. The van der Waals surface area contributed by atoms with Crippen LogP contribution in [0.1, 0.15) is 30.9 Å². The average Bonchev–Trinajstić information content (AvgIpc) is 3.12. The molecule has 3 rings (SSSR count). The molecule has 0 saturated heterocycles. The first kappa shape index (κ1) is 23.4. The zero-order valence-corrected chi connectivity index (χ0v) is 18.0. The molecule has 1 heterocycles. The molecule has 2 atom stereocenters. The third-order valence-electron chi connectivity index (χ3n) is 5.17. The molecular formula is C24H28FN3O4. The van der Waals surface area contributed by atoms with Crippen molar-refractivity contribution in [3.63, 3.8) is 0 Å². The fourth-order valence-corrected chi connectivity index (χ4v) is 3.39. The second-order valence-electron chi connectivity index (χ2n) is 7.48. The summed E-state index contributed by atoms with van der Waals surface area (Å²) >= 11 is 0. The second kappa shape index (κ2) is 10.9. The standard InChI is InChI=1S/C24H28FN3O4/c1-3-12-24(23(30)28-26-16-18-6-4-7-20(25)15-18)17(2)32-22(27-24)19-8-10-21(11-9-19)31-14-5-13-29/h3-4,6-11,15,17,26,29H,1,5,12-14,16H2,2H3,(H,28,30)/t17-,24-/m0/s1. The first-order chi connectivity index (χ1) is 15.5. The molecule has 0 saturated carbocycles. The van der Waals surface area contributed by atoms with Crippen LogP contribution in [0.15, 0.2) is 66.2 Å². The number of benzene rings is 2. The number of rotatable bonds is 11. The minimum Gasteiger partial charge on any atom is -0.494 e. The zero-order chi connectivity index (χ0) is 23.0. The molecule has 0 spiro atoms. The Labute approximate surface area is 186 Å². The number of aliphatic imine (C=N–C) groups is 1. The van der Waals surface area contributed by atoms with Gasteiger partial charge in [0.25, 0.3) is 5.91 Å². The number of aliphatic hydroxyl groups excluding tert-OH is 1. The third-order valence-corrected chi connectivity index (χ3v) is 5.17. The van der Waals surface area contributed by atoms with E-state index in [0.29, 0.717) is 30.2 Å². The highest BCUT2D eigenvalue weighted by atomic mass is 19.1. The van der Waals surface area contributed by atoms with Crippen molar-refractivity contribution in [2.24, 2.45) is 4.99 Å². The number of hydrogen-bond donors (Lipinski definition) is 3. The maximum Gasteiger partial charge on any atom is 0.266 e. The van der Waals surface area contributed by atoms with Crippen molar-refractivity contribution in [3.8, 4) is 5.75 Å². The number of hydrazine groups is 1. The van der Waals surface area contributed by atoms with E-state index in [1.54, 1.807) is 37.3 Å². The summed E-state index contributed by atoms with van der Waals surface area (Å²) in [5, 5.41) is 8.85. The van der Waals surface area contributed by atoms with E-state index in [0.717, 1.165) is 5.56 Å². The van der Waals surface area contributed by atoms with E-state index in [1.165, 1.54) is 12.1 Å². The molecule has 170 valence electrons. The van der Waals surface area contributed by atoms with Crippen molar-refractivity contribution in [2.75, 3.05) is 13.2 Å². The van der Waals surface area contributed by atoms with E-state index in [4.69, 9.17) is 14.6 Å². The fraction of sp³-hybridized carbons (Fsp3) is 0.333. The van der Waals surface area contributed by atoms with Gasteiger partial charge < -0.3 is 14.6 Å². The number of aliphatic hydroxyl groups is 1. The highest BCUT2D eigenvalue weighted by Crippen LogP contribution is 2.32. The van der Waals surface area contributed by atoms with Crippen LogP contribution < -0.4 is 15.6 Å². The van der Waals surface area contributed by atoms with Gasteiger partial charge in [0.1, 0.15) is 17.7 Å². The van der Waals surface area contributed by atoms with Gasteiger partial charge in [0.2, 0.25) is 5.90 Å². The minimum atomic E-state index is -1.18. The number of carbonyl (C=O) groups is 1. The molecule has 0 bridgehead atoms. The van der Waals surface area contributed by atoms with E-state index >= 15 is 0 Å². The Balaban J connectivity index is 1.70. The molecule has 0 fully saturated rings. The number of nitrogens with zero attached hydrogens (tertiary/aromatic N) is 1. The SMILES string of the molecule is C=CC[C@]1(C(=O)NNCc2cccc(F)c2)N=C(c2ccc(OCCCO)cc2)O[C@H]1C. The zero-order valence-electron chi connectivity index (χ0n) is 18.0. The van der Waals surface area contributed by atoms with Crippen LogP contribution in [0, 0.1) is 5.82 Å². The lowest BCUT2D eigenvalue weighted by atomic mass is 9.90. The van der Waals surface area contributed by atoms with Gasteiger partial charge in [-0.3, -0.25) is 10.2 Å². The van der Waals surface area contributed by atoms with Crippen molar-refractivity contribution >= 4 is 11.8 Å². The number of ether oxygens (including phenoxy) is 2. The molecule has 2 aromatic carbocycles. The fourth-order valence-electron chi connectivity index (χ4n) is 3.39. The van der Waals surface area contributed by atoms with Crippen LogP contribution >= 0.6 is 0 Å². The van der Waals surface area contributed by atoms with Gasteiger partial charge >= 0.3 is 0 Å². The van der Waals surface area contributed by atoms with Crippen molar-refractivity contribution < 1.29 is 23.8 Å². The van der Waals surface area contributed by atoms with Gasteiger partial charge in [0.05, 0.1) is 6.61 Å². The Bertz CT molecular complexity index is 964. The molecule has 7 nitrogen and oxygen atoms in total. The summed E-state index contributed by atoms with van der Waals surface area (Å²) in [5.41, 5.74) is 5.75. The van der Waals surface area contributed by atoms with Crippen LogP contribution in [-0.4, -0.2) is 41.8 Å². The van der Waals surface area contributed by atoms with Gasteiger partial charge in [-0.15, -0.1) is 6.58 Å². The monoisotopic (exact) mass is 441 g/mol. The topological polar surface area (TPSA) is 92.2 Å². The second-order valence-corrected chi connectivity index (χ2v) is 7.48. The largest absolute Gasteiger partial charge is 0.494 e. The summed E-state index contributed by atoms with van der Waals surface area (Å²) in [6.07, 6.45) is 1.96. The molecule has 0 aliphatic carbocycles. The van der Waals surface area contributed by atoms with Gasteiger partial charge in [-0.1, -0.05) is 18.2 Å². The maximum absolute atomic E-state index is 13.3. The summed E-state index contributed by atoms with van der Waals surface area (Å²) in [5.74, 6) is 0.336. The van der Waals surface area contributed by atoms with Gasteiger partial charge in [-0.25, -0.2) is 14.8 Å². The Morgan fingerprint density at radius 2 is 2.12 bits per heavy atom. The van der Waals surface area contributed by atoms with Crippen LogP contribution in [0.3, 0.4) is 0 Å². The van der Waals surface area contributed by atoms with E-state index in [9.17, 15) is 9.18 Å². The Morgan fingerprint density at radius 3 is 2.81 bits per heavy atom. The van der Waals surface area contributed by atoms with Crippen molar-refractivity contribution in [2.45, 2.75) is 38.0 Å². The number of nitrogens with one attached hydrogen (secondary N) is 2. The third kappa shape index (κ3) is 5.52. The van der Waals surface area contributed by atoms with Gasteiger partial charge in [0, 0.05) is 31.6 Å². The molecule has 1 aliphatic rings. The highest BCUT2D eigenvalue weighted by molar-refractivity contribution is 6.00. The van der Waals surface area contributed by atoms with Gasteiger partial charge in [0.15, 0.2) is 5.54 Å². The summed E-state index contributed by atoms with van der Waals surface area (Å²) < 4.78 is 24.8. The molecule has 3 N–H and O–H groups in total. The average molecular weight is 442 g/mol. The molecule has 0 radical (unpaired) electrons. The quantitative estimate of drug-likeness (QED) is 0.283. The predicted octanol–water partition coefficient (Wildman–Crippen LogP) is 2.89. The number of carbonyl (C=O) groups excluding carboxylic acids is 1. The van der Waals surface area contributed by atoms with E-state index in [2.05, 4.69) is 22.4 Å². The molecule has 1 amide bonds. The summed E-state index contributed by atoms with van der Waals surface area (Å²) in [6, 6.07) is 13.3. The maximum atomic E-state index is 13.3. The van der Waals surface area contributed by atoms with Crippen LogP contribution in [0.4, 0.5) is 4.39 Å². The lowest BCUT2D eigenvalue weighted by Crippen LogP contribution is -2.54. The molecule has 2 aromatic rings. The number of halogens is 1. The van der Waals surface area contributed by atoms with Gasteiger partial charge in [-0.05, 0) is 48.9 Å².